The molecule has 3 fully saturated rings. The van der Waals surface area contributed by atoms with E-state index in [1.165, 1.54) is 11.1 Å². The van der Waals surface area contributed by atoms with Crippen molar-refractivity contribution in [3.8, 4) is 0 Å². The number of cyclic esters (lactones) is 1. The Labute approximate surface area is 230 Å². The summed E-state index contributed by atoms with van der Waals surface area (Å²) in [5.74, 6) is 0.576. The van der Waals surface area contributed by atoms with Gasteiger partial charge in [0.15, 0.2) is 6.29 Å². The number of hydrogen-bond acceptors (Lipinski definition) is 6. The van der Waals surface area contributed by atoms with Gasteiger partial charge < -0.3 is 19.5 Å². The zero-order valence-corrected chi connectivity index (χ0v) is 23.3. The predicted octanol–water partition coefficient (Wildman–Crippen LogP) is 6.58. The fourth-order valence-corrected chi connectivity index (χ4v) is 8.60. The molecule has 2 saturated carbocycles. The van der Waals surface area contributed by atoms with Gasteiger partial charge in [0, 0.05) is 18.0 Å². The van der Waals surface area contributed by atoms with Crippen LogP contribution in [0.2, 0.25) is 0 Å². The lowest BCUT2D eigenvalue weighted by Gasteiger charge is -2.62. The van der Waals surface area contributed by atoms with Gasteiger partial charge >= 0.3 is 5.97 Å². The molecule has 2 aliphatic heterocycles. The van der Waals surface area contributed by atoms with Crippen molar-refractivity contribution >= 4 is 17.3 Å². The van der Waals surface area contributed by atoms with E-state index in [-0.39, 0.29) is 35.2 Å². The number of hydrogen-bond donors (Lipinski definition) is 1. The van der Waals surface area contributed by atoms with E-state index in [1.54, 1.807) is 11.3 Å². The fourth-order valence-electron chi connectivity index (χ4n) is 7.89. The number of benzene rings is 1. The lowest BCUT2D eigenvalue weighted by Crippen LogP contribution is -2.60. The molecular weight excluding hydrogens is 494 g/mol. The second-order valence-electron chi connectivity index (χ2n) is 12.0. The van der Waals surface area contributed by atoms with Crippen LogP contribution < -0.4 is 5.32 Å². The summed E-state index contributed by atoms with van der Waals surface area (Å²) in [7, 11) is 0. The van der Waals surface area contributed by atoms with Crippen LogP contribution in [0.5, 0.6) is 0 Å². The zero-order valence-electron chi connectivity index (χ0n) is 22.5. The SMILES string of the molecule is C=C1CCC2C3(C)COC(c4cccs4)OC3CCC2(C)C1CC(NCc1ccccc1)C1=CCOC1=O. The average Bonchev–Trinajstić information content (AvgIpc) is 3.60. The number of ether oxygens (including phenoxy) is 3. The van der Waals surface area contributed by atoms with Crippen LogP contribution >= 0.6 is 11.3 Å². The molecule has 0 amide bonds. The molecule has 202 valence electrons. The van der Waals surface area contributed by atoms with Gasteiger partial charge in [0.2, 0.25) is 0 Å². The van der Waals surface area contributed by atoms with Gasteiger partial charge in [-0.3, -0.25) is 0 Å². The van der Waals surface area contributed by atoms with E-state index in [2.05, 4.69) is 67.5 Å². The zero-order chi connectivity index (χ0) is 26.3. The standard InChI is InChI=1S/C32H39NO4S/c1-21-11-12-27-31(2,15-13-28-32(27,3)20-36-30(37-28)26-10-7-17-38-26)24(21)18-25(23-14-16-35-29(23)34)33-19-22-8-5-4-6-9-22/h4-10,14,17,24-25,27-28,30,33H,1,11-13,15-16,18-20H2,2-3H3. The number of fused-ring (bicyclic) bond motifs is 3. The summed E-state index contributed by atoms with van der Waals surface area (Å²) < 4.78 is 18.4. The molecule has 0 bridgehead atoms. The molecule has 6 rings (SSSR count). The van der Waals surface area contributed by atoms with Crippen LogP contribution in [-0.4, -0.2) is 31.3 Å². The van der Waals surface area contributed by atoms with Crippen LogP contribution in [0.4, 0.5) is 0 Å². The van der Waals surface area contributed by atoms with E-state index in [0.717, 1.165) is 42.6 Å². The summed E-state index contributed by atoms with van der Waals surface area (Å²) in [4.78, 5) is 13.8. The Morgan fingerprint density at radius 2 is 1.97 bits per heavy atom. The normalized spacial score (nSPS) is 35.7. The van der Waals surface area contributed by atoms with Gasteiger partial charge in [-0.05, 0) is 72.4 Å². The van der Waals surface area contributed by atoms with Gasteiger partial charge in [0.25, 0.3) is 0 Å². The monoisotopic (exact) mass is 533 g/mol. The number of thiophene rings is 1. The molecule has 4 aliphatic rings. The van der Waals surface area contributed by atoms with Crippen molar-refractivity contribution in [3.63, 3.8) is 0 Å². The lowest BCUT2D eigenvalue weighted by molar-refractivity contribution is -0.306. The first kappa shape index (κ1) is 26.0. The van der Waals surface area contributed by atoms with E-state index >= 15 is 0 Å². The van der Waals surface area contributed by atoms with Crippen molar-refractivity contribution in [1.29, 1.82) is 0 Å². The molecule has 7 atom stereocenters. The van der Waals surface area contributed by atoms with Crippen molar-refractivity contribution in [3.05, 3.63) is 82.1 Å². The molecule has 6 heteroatoms. The molecule has 3 heterocycles. The molecule has 2 aromatic rings. The summed E-state index contributed by atoms with van der Waals surface area (Å²) in [5.41, 5.74) is 3.32. The molecule has 1 aromatic heterocycles. The number of allylic oxidation sites excluding steroid dienone is 1. The van der Waals surface area contributed by atoms with Gasteiger partial charge in [-0.25, -0.2) is 4.79 Å². The molecule has 1 N–H and O–H groups in total. The molecule has 2 aliphatic carbocycles. The highest BCUT2D eigenvalue weighted by Crippen LogP contribution is 2.64. The Hall–Kier alpha value is -2.25. The minimum atomic E-state index is -0.251. The van der Waals surface area contributed by atoms with E-state index in [4.69, 9.17) is 14.2 Å². The number of esters is 1. The topological polar surface area (TPSA) is 56.8 Å². The van der Waals surface area contributed by atoms with E-state index in [9.17, 15) is 4.79 Å². The van der Waals surface area contributed by atoms with E-state index in [1.807, 2.05) is 12.1 Å². The molecule has 7 unspecified atom stereocenters. The maximum atomic E-state index is 12.7. The van der Waals surface area contributed by atoms with Crippen molar-refractivity contribution in [1.82, 2.24) is 5.32 Å². The first-order valence-corrected chi connectivity index (χ1v) is 14.9. The summed E-state index contributed by atoms with van der Waals surface area (Å²) in [6.07, 6.45) is 6.98. The van der Waals surface area contributed by atoms with Crippen LogP contribution in [0.25, 0.3) is 0 Å². The van der Waals surface area contributed by atoms with Crippen molar-refractivity contribution in [2.75, 3.05) is 13.2 Å². The van der Waals surface area contributed by atoms with Gasteiger partial charge in [0.1, 0.15) is 6.61 Å². The third-order valence-electron chi connectivity index (χ3n) is 9.92. The average molecular weight is 534 g/mol. The number of rotatable bonds is 7. The van der Waals surface area contributed by atoms with E-state index in [0.29, 0.717) is 31.6 Å². The first-order chi connectivity index (χ1) is 18.4. The van der Waals surface area contributed by atoms with Gasteiger partial charge in [-0.2, -0.15) is 0 Å². The predicted molar refractivity (Wildman–Crippen MR) is 149 cm³/mol. The van der Waals surface area contributed by atoms with Crippen LogP contribution in [0.3, 0.4) is 0 Å². The summed E-state index contributed by atoms with van der Waals surface area (Å²) in [6.45, 7) is 11.2. The molecule has 0 radical (unpaired) electrons. The molecular formula is C32H39NO4S. The smallest absolute Gasteiger partial charge is 0.335 e. The third-order valence-corrected chi connectivity index (χ3v) is 10.8. The van der Waals surface area contributed by atoms with Crippen molar-refractivity contribution in [2.24, 2.45) is 22.7 Å². The second kappa shape index (κ2) is 10.4. The van der Waals surface area contributed by atoms with Gasteiger partial charge in [-0.15, -0.1) is 11.3 Å². The quantitative estimate of drug-likeness (QED) is 0.322. The van der Waals surface area contributed by atoms with Gasteiger partial charge in [-0.1, -0.05) is 62.4 Å². The molecule has 5 nitrogen and oxygen atoms in total. The number of carbonyl (C=O) groups excluding carboxylic acids is 1. The Bertz CT molecular complexity index is 1190. The Morgan fingerprint density at radius 3 is 2.71 bits per heavy atom. The van der Waals surface area contributed by atoms with Crippen molar-refractivity contribution < 1.29 is 19.0 Å². The van der Waals surface area contributed by atoms with Crippen LogP contribution in [0, 0.1) is 22.7 Å². The number of carbonyl (C=O) groups is 1. The highest BCUT2D eigenvalue weighted by molar-refractivity contribution is 7.10. The van der Waals surface area contributed by atoms with Crippen molar-refractivity contribution in [2.45, 2.75) is 70.9 Å². The Morgan fingerprint density at radius 1 is 1.13 bits per heavy atom. The maximum absolute atomic E-state index is 12.7. The minimum absolute atomic E-state index is 0.0434. The highest BCUT2D eigenvalue weighted by atomic mass is 32.1. The summed E-state index contributed by atoms with van der Waals surface area (Å²) in [6, 6.07) is 14.5. The third kappa shape index (κ3) is 4.60. The summed E-state index contributed by atoms with van der Waals surface area (Å²) >= 11 is 1.70. The minimum Gasteiger partial charge on any atom is -0.458 e. The fraction of sp³-hybridized carbons (Fsp3) is 0.531. The van der Waals surface area contributed by atoms with Crippen LogP contribution in [0.1, 0.15) is 62.7 Å². The largest absolute Gasteiger partial charge is 0.458 e. The lowest BCUT2D eigenvalue weighted by atomic mass is 9.45. The maximum Gasteiger partial charge on any atom is 0.335 e. The van der Waals surface area contributed by atoms with Gasteiger partial charge in [0.05, 0.1) is 23.2 Å². The number of nitrogens with one attached hydrogen (secondary N) is 1. The second-order valence-corrected chi connectivity index (χ2v) is 13.0. The summed E-state index contributed by atoms with van der Waals surface area (Å²) in [5, 5.41) is 5.80. The van der Waals surface area contributed by atoms with E-state index < -0.39 is 0 Å². The Balaban J connectivity index is 1.24. The Kier molecular flexibility index (Phi) is 7.10. The molecule has 0 spiro atoms. The van der Waals surface area contributed by atoms with Crippen LogP contribution in [0.15, 0.2) is 71.6 Å². The highest BCUT2D eigenvalue weighted by Gasteiger charge is 2.60. The molecule has 38 heavy (non-hydrogen) atoms. The van der Waals surface area contributed by atoms with Crippen LogP contribution in [-0.2, 0) is 25.5 Å². The first-order valence-electron chi connectivity index (χ1n) is 14.0. The molecule has 1 aromatic carbocycles. The molecule has 1 saturated heterocycles.